The summed E-state index contributed by atoms with van der Waals surface area (Å²) in [7, 11) is 0. The maximum Gasteiger partial charge on any atom is 0.139 e. The number of rotatable bonds is 8. The van der Waals surface area contributed by atoms with E-state index in [1.165, 1.54) is 12.0 Å². The van der Waals surface area contributed by atoms with Gasteiger partial charge in [0.1, 0.15) is 5.78 Å². The number of benzene rings is 1. The van der Waals surface area contributed by atoms with Crippen molar-refractivity contribution in [2.45, 2.75) is 51.6 Å². The number of allylic oxidation sites excluding steroid dienone is 1. The molecule has 1 aliphatic carbocycles. The molecule has 0 aliphatic heterocycles. The van der Waals surface area contributed by atoms with Gasteiger partial charge < -0.3 is 4.74 Å². The molecule has 0 spiro atoms. The van der Waals surface area contributed by atoms with Crippen molar-refractivity contribution in [2.75, 3.05) is 6.61 Å². The minimum atomic E-state index is -0.143. The first-order valence-electron chi connectivity index (χ1n) is 8.03. The molecular formula is C19H26O2. The zero-order valence-corrected chi connectivity index (χ0v) is 12.9. The number of carbonyl (C=O) groups is 1. The molecule has 1 aromatic rings. The molecular weight excluding hydrogens is 260 g/mol. The standard InChI is InChI=1S/C19H26O2/c1-2-12-19(13-7-6-11-18(19)20)14-8-15-21-16-17-9-4-3-5-10-17/h2-5,9-10H,1,6-8,11-16H2/t19-/m1/s1. The summed E-state index contributed by atoms with van der Waals surface area (Å²) in [6.07, 6.45) is 8.62. The lowest BCUT2D eigenvalue weighted by atomic mass is 9.68. The fourth-order valence-corrected chi connectivity index (χ4v) is 3.29. The fraction of sp³-hybridized carbons (Fsp3) is 0.526. The van der Waals surface area contributed by atoms with Crippen LogP contribution < -0.4 is 0 Å². The Labute approximate surface area is 128 Å². The molecule has 0 saturated heterocycles. The molecule has 0 radical (unpaired) electrons. The monoisotopic (exact) mass is 286 g/mol. The van der Waals surface area contributed by atoms with Crippen molar-refractivity contribution in [3.8, 4) is 0 Å². The lowest BCUT2D eigenvalue weighted by Crippen LogP contribution is -2.34. The number of ketones is 1. The number of Topliss-reactive ketones (excluding diaryl/α,β-unsaturated/α-hetero) is 1. The molecule has 2 heteroatoms. The van der Waals surface area contributed by atoms with Crippen LogP contribution in [0.2, 0.25) is 0 Å². The zero-order valence-electron chi connectivity index (χ0n) is 12.9. The highest BCUT2D eigenvalue weighted by molar-refractivity contribution is 5.85. The molecule has 1 atom stereocenters. The van der Waals surface area contributed by atoms with E-state index in [0.717, 1.165) is 45.1 Å². The fourth-order valence-electron chi connectivity index (χ4n) is 3.29. The van der Waals surface area contributed by atoms with Crippen LogP contribution in [0, 0.1) is 5.41 Å². The van der Waals surface area contributed by atoms with Crippen LogP contribution in [0.4, 0.5) is 0 Å². The van der Waals surface area contributed by atoms with Crippen molar-refractivity contribution in [1.82, 2.24) is 0 Å². The van der Waals surface area contributed by atoms with Crippen LogP contribution in [0.1, 0.15) is 50.5 Å². The van der Waals surface area contributed by atoms with Gasteiger partial charge in [-0.05, 0) is 37.7 Å². The third-order valence-electron chi connectivity index (χ3n) is 4.49. The van der Waals surface area contributed by atoms with E-state index in [9.17, 15) is 4.79 Å². The summed E-state index contributed by atoms with van der Waals surface area (Å²) < 4.78 is 5.73. The van der Waals surface area contributed by atoms with E-state index >= 15 is 0 Å². The predicted molar refractivity (Wildman–Crippen MR) is 86.1 cm³/mol. The molecule has 0 heterocycles. The van der Waals surface area contributed by atoms with E-state index in [2.05, 4.69) is 18.7 Å². The summed E-state index contributed by atoms with van der Waals surface area (Å²) in [6, 6.07) is 10.2. The van der Waals surface area contributed by atoms with Gasteiger partial charge in [-0.25, -0.2) is 0 Å². The van der Waals surface area contributed by atoms with Gasteiger partial charge in [0, 0.05) is 18.4 Å². The van der Waals surface area contributed by atoms with Gasteiger partial charge in [0.2, 0.25) is 0 Å². The highest BCUT2D eigenvalue weighted by Crippen LogP contribution is 2.40. The van der Waals surface area contributed by atoms with E-state index in [1.54, 1.807) is 0 Å². The van der Waals surface area contributed by atoms with Crippen LogP contribution in [0.25, 0.3) is 0 Å². The number of hydrogen-bond donors (Lipinski definition) is 0. The second-order valence-corrected chi connectivity index (χ2v) is 6.05. The zero-order chi connectivity index (χ0) is 15.0. The largest absolute Gasteiger partial charge is 0.377 e. The summed E-state index contributed by atoms with van der Waals surface area (Å²) in [5, 5.41) is 0. The van der Waals surface area contributed by atoms with Gasteiger partial charge in [-0.2, -0.15) is 0 Å². The first-order valence-corrected chi connectivity index (χ1v) is 8.03. The third-order valence-corrected chi connectivity index (χ3v) is 4.49. The molecule has 0 amide bonds. The minimum Gasteiger partial charge on any atom is -0.377 e. The quantitative estimate of drug-likeness (QED) is 0.512. The molecule has 0 N–H and O–H groups in total. The van der Waals surface area contributed by atoms with Gasteiger partial charge in [-0.1, -0.05) is 42.8 Å². The molecule has 0 unspecified atom stereocenters. The van der Waals surface area contributed by atoms with Crippen molar-refractivity contribution in [1.29, 1.82) is 0 Å². The molecule has 2 nitrogen and oxygen atoms in total. The van der Waals surface area contributed by atoms with Crippen molar-refractivity contribution in [3.63, 3.8) is 0 Å². The van der Waals surface area contributed by atoms with Gasteiger partial charge in [0.15, 0.2) is 0 Å². The lowest BCUT2D eigenvalue weighted by molar-refractivity contribution is -0.131. The third kappa shape index (κ3) is 4.53. The minimum absolute atomic E-state index is 0.143. The van der Waals surface area contributed by atoms with Crippen molar-refractivity contribution < 1.29 is 9.53 Å². The molecule has 1 saturated carbocycles. The highest BCUT2D eigenvalue weighted by Gasteiger charge is 2.37. The molecule has 1 aliphatic rings. The molecule has 1 fully saturated rings. The summed E-state index contributed by atoms with van der Waals surface area (Å²) in [6.45, 7) is 5.21. The SMILES string of the molecule is C=CC[C@]1(CCCOCc2ccccc2)CCCCC1=O. The Bertz CT molecular complexity index is 452. The smallest absolute Gasteiger partial charge is 0.139 e. The van der Waals surface area contributed by atoms with Gasteiger partial charge in [0.25, 0.3) is 0 Å². The van der Waals surface area contributed by atoms with Gasteiger partial charge >= 0.3 is 0 Å². The van der Waals surface area contributed by atoms with Gasteiger partial charge in [0.05, 0.1) is 6.61 Å². The van der Waals surface area contributed by atoms with Crippen LogP contribution >= 0.6 is 0 Å². The van der Waals surface area contributed by atoms with Crippen LogP contribution in [0.3, 0.4) is 0 Å². The van der Waals surface area contributed by atoms with Crippen molar-refractivity contribution in [2.24, 2.45) is 5.41 Å². The van der Waals surface area contributed by atoms with E-state index in [1.807, 2.05) is 24.3 Å². The van der Waals surface area contributed by atoms with Gasteiger partial charge in [-0.15, -0.1) is 6.58 Å². The Kier molecular flexibility index (Phi) is 6.19. The Morgan fingerprint density at radius 1 is 1.24 bits per heavy atom. The van der Waals surface area contributed by atoms with E-state index in [-0.39, 0.29) is 5.41 Å². The Morgan fingerprint density at radius 3 is 2.76 bits per heavy atom. The van der Waals surface area contributed by atoms with E-state index < -0.39 is 0 Å². The maximum atomic E-state index is 12.3. The predicted octanol–water partition coefficient (Wildman–Crippen LogP) is 4.69. The van der Waals surface area contributed by atoms with Crippen molar-refractivity contribution >= 4 is 5.78 Å². The Hall–Kier alpha value is -1.41. The molecule has 0 aromatic heterocycles. The molecule has 21 heavy (non-hydrogen) atoms. The Morgan fingerprint density at radius 2 is 2.05 bits per heavy atom. The van der Waals surface area contributed by atoms with Gasteiger partial charge in [-0.3, -0.25) is 4.79 Å². The van der Waals surface area contributed by atoms with E-state index in [4.69, 9.17) is 4.74 Å². The number of hydrogen-bond acceptors (Lipinski definition) is 2. The van der Waals surface area contributed by atoms with Crippen LogP contribution in [0.15, 0.2) is 43.0 Å². The topological polar surface area (TPSA) is 26.3 Å². The normalized spacial score (nSPS) is 22.2. The highest BCUT2D eigenvalue weighted by atomic mass is 16.5. The molecule has 114 valence electrons. The summed E-state index contributed by atoms with van der Waals surface area (Å²) >= 11 is 0. The maximum absolute atomic E-state index is 12.3. The summed E-state index contributed by atoms with van der Waals surface area (Å²) in [5.74, 6) is 0.441. The van der Waals surface area contributed by atoms with Crippen LogP contribution in [0.5, 0.6) is 0 Å². The Balaban J connectivity index is 1.75. The lowest BCUT2D eigenvalue weighted by Gasteiger charge is -2.35. The first kappa shape index (κ1) is 16.0. The van der Waals surface area contributed by atoms with Crippen molar-refractivity contribution in [3.05, 3.63) is 48.6 Å². The number of carbonyl (C=O) groups excluding carboxylic acids is 1. The second-order valence-electron chi connectivity index (χ2n) is 6.05. The average molecular weight is 286 g/mol. The van der Waals surface area contributed by atoms with Crippen LogP contribution in [-0.4, -0.2) is 12.4 Å². The summed E-state index contributed by atoms with van der Waals surface area (Å²) in [4.78, 5) is 12.3. The molecule has 2 rings (SSSR count). The first-order chi connectivity index (χ1) is 10.3. The second kappa shape index (κ2) is 8.14. The molecule has 0 bridgehead atoms. The number of ether oxygens (including phenoxy) is 1. The molecule has 1 aromatic carbocycles. The van der Waals surface area contributed by atoms with Crippen LogP contribution in [-0.2, 0) is 16.1 Å². The van der Waals surface area contributed by atoms with E-state index in [0.29, 0.717) is 12.4 Å². The summed E-state index contributed by atoms with van der Waals surface area (Å²) in [5.41, 5.74) is 1.06. The average Bonchev–Trinajstić information content (AvgIpc) is 2.51.